The van der Waals surface area contributed by atoms with Gasteiger partial charge in [-0.3, -0.25) is 10.1 Å². The van der Waals surface area contributed by atoms with E-state index in [1.807, 2.05) is 31.2 Å². The summed E-state index contributed by atoms with van der Waals surface area (Å²) in [6.45, 7) is 1.96. The number of benzene rings is 2. The number of nitro benzene ring substituents is 1. The summed E-state index contributed by atoms with van der Waals surface area (Å²) in [6, 6.07) is 12.4. The zero-order valence-electron chi connectivity index (χ0n) is 10.00. The van der Waals surface area contributed by atoms with Gasteiger partial charge in [0.1, 0.15) is 0 Å². The molecule has 98 valence electrons. The minimum atomic E-state index is -0.460. The Bertz CT molecular complexity index is 619. The molecule has 0 aliphatic rings. The molecule has 0 radical (unpaired) electrons. The smallest absolute Gasteiger partial charge is 0.313 e. The Morgan fingerprint density at radius 3 is 2.68 bits per heavy atom. The fourth-order valence-corrected chi connectivity index (χ4v) is 2.45. The second-order valence-corrected chi connectivity index (χ2v) is 5.49. The van der Waals surface area contributed by atoms with Crippen molar-refractivity contribution in [1.29, 1.82) is 0 Å². The second-order valence-electron chi connectivity index (χ2n) is 3.80. The van der Waals surface area contributed by atoms with Crippen LogP contribution in [-0.4, -0.2) is 4.92 Å². The van der Waals surface area contributed by atoms with Crippen LogP contribution in [0.3, 0.4) is 0 Å². The molecule has 2 aromatic carbocycles. The van der Waals surface area contributed by atoms with Crippen LogP contribution in [0.5, 0.6) is 5.75 Å². The highest BCUT2D eigenvalue weighted by Gasteiger charge is 2.16. The molecule has 0 heterocycles. The van der Waals surface area contributed by atoms with Gasteiger partial charge >= 0.3 is 5.69 Å². The van der Waals surface area contributed by atoms with Crippen molar-refractivity contribution in [1.82, 2.24) is 0 Å². The zero-order valence-corrected chi connectivity index (χ0v) is 12.4. The van der Waals surface area contributed by atoms with Crippen molar-refractivity contribution >= 4 is 33.7 Å². The van der Waals surface area contributed by atoms with Gasteiger partial charge in [-0.2, -0.15) is 0 Å². The van der Waals surface area contributed by atoms with Gasteiger partial charge in [-0.15, -0.1) is 0 Å². The van der Waals surface area contributed by atoms with Crippen molar-refractivity contribution in [2.75, 3.05) is 0 Å². The Hall–Kier alpha value is -1.53. The number of rotatable bonds is 4. The van der Waals surface area contributed by atoms with E-state index in [1.54, 1.807) is 12.1 Å². The van der Waals surface area contributed by atoms with E-state index in [9.17, 15) is 10.1 Å². The summed E-state index contributed by atoms with van der Waals surface area (Å²) in [7, 11) is 0. The summed E-state index contributed by atoms with van der Waals surface area (Å²) in [4.78, 5) is 11.4. The summed E-state index contributed by atoms with van der Waals surface area (Å²) in [5.74, 6) is 0.237. The maximum Gasteiger partial charge on any atom is 0.313 e. The van der Waals surface area contributed by atoms with Crippen LogP contribution in [0, 0.1) is 17.0 Å². The van der Waals surface area contributed by atoms with Crippen molar-refractivity contribution in [3.8, 4) is 5.75 Å². The third-order valence-electron chi connectivity index (χ3n) is 2.43. The van der Waals surface area contributed by atoms with E-state index in [2.05, 4.69) is 15.9 Å². The summed E-state index contributed by atoms with van der Waals surface area (Å²) >= 11 is 4.32. The second kappa shape index (κ2) is 6.08. The number of halogens is 1. The summed E-state index contributed by atoms with van der Waals surface area (Å²) in [6.07, 6.45) is 0. The van der Waals surface area contributed by atoms with E-state index in [1.165, 1.54) is 6.07 Å². The number of hydrogen-bond acceptors (Lipinski definition) is 4. The first kappa shape index (κ1) is 13.9. The van der Waals surface area contributed by atoms with Gasteiger partial charge in [0, 0.05) is 10.5 Å². The highest BCUT2D eigenvalue weighted by Crippen LogP contribution is 2.34. The molecule has 0 amide bonds. The maximum atomic E-state index is 10.9. The standard InChI is InChI=1S/C13H10BrNO3S/c1-9-4-2-3-5-13(9)19-18-12-7-6-10(14)8-11(12)15(16)17/h2-8H,1H3. The zero-order chi connectivity index (χ0) is 13.8. The molecule has 0 aliphatic carbocycles. The van der Waals surface area contributed by atoms with Crippen molar-refractivity contribution in [3.63, 3.8) is 0 Å². The molecule has 2 aromatic rings. The van der Waals surface area contributed by atoms with Gasteiger partial charge in [0.2, 0.25) is 5.75 Å². The van der Waals surface area contributed by atoms with Crippen LogP contribution in [0.25, 0.3) is 0 Å². The molecule has 0 aliphatic heterocycles. The first-order chi connectivity index (χ1) is 9.08. The Labute approximate surface area is 123 Å². The van der Waals surface area contributed by atoms with Crippen LogP contribution >= 0.6 is 28.0 Å². The van der Waals surface area contributed by atoms with Crippen molar-refractivity contribution in [2.45, 2.75) is 11.8 Å². The van der Waals surface area contributed by atoms with E-state index in [4.69, 9.17) is 4.18 Å². The third kappa shape index (κ3) is 3.48. The Balaban J connectivity index is 2.20. The Morgan fingerprint density at radius 1 is 1.26 bits per heavy atom. The number of nitro groups is 1. The van der Waals surface area contributed by atoms with Gasteiger partial charge in [-0.25, -0.2) is 0 Å². The van der Waals surface area contributed by atoms with Crippen LogP contribution in [0.2, 0.25) is 0 Å². The van der Waals surface area contributed by atoms with Crippen LogP contribution in [0.1, 0.15) is 5.56 Å². The lowest BCUT2D eigenvalue weighted by molar-refractivity contribution is -0.385. The molecule has 6 heteroatoms. The van der Waals surface area contributed by atoms with Gasteiger partial charge in [-0.1, -0.05) is 34.1 Å². The average Bonchev–Trinajstić information content (AvgIpc) is 2.38. The number of nitrogens with zero attached hydrogens (tertiary/aromatic N) is 1. The molecule has 0 aromatic heterocycles. The minimum absolute atomic E-state index is 0.0598. The van der Waals surface area contributed by atoms with E-state index in [0.717, 1.165) is 22.5 Å². The molecular formula is C13H10BrNO3S. The highest BCUT2D eigenvalue weighted by molar-refractivity contribution is 9.10. The van der Waals surface area contributed by atoms with Crippen LogP contribution in [0.15, 0.2) is 51.8 Å². The quantitative estimate of drug-likeness (QED) is 0.458. The molecule has 0 bridgehead atoms. The van der Waals surface area contributed by atoms with Crippen LogP contribution < -0.4 is 4.18 Å². The highest BCUT2D eigenvalue weighted by atomic mass is 79.9. The Kier molecular flexibility index (Phi) is 4.44. The number of hydrogen-bond donors (Lipinski definition) is 0. The van der Waals surface area contributed by atoms with Gasteiger partial charge in [0.05, 0.1) is 21.9 Å². The van der Waals surface area contributed by atoms with E-state index >= 15 is 0 Å². The van der Waals surface area contributed by atoms with E-state index in [-0.39, 0.29) is 11.4 Å². The Morgan fingerprint density at radius 2 is 2.00 bits per heavy atom. The van der Waals surface area contributed by atoms with Crippen molar-refractivity contribution < 1.29 is 9.11 Å². The molecule has 4 nitrogen and oxygen atoms in total. The van der Waals surface area contributed by atoms with Crippen LogP contribution in [0.4, 0.5) is 5.69 Å². The predicted molar refractivity (Wildman–Crippen MR) is 78.5 cm³/mol. The molecule has 0 atom stereocenters. The summed E-state index contributed by atoms with van der Waals surface area (Å²) in [5, 5.41) is 10.9. The fraction of sp³-hybridized carbons (Fsp3) is 0.0769. The minimum Gasteiger partial charge on any atom is -0.413 e. The third-order valence-corrected chi connectivity index (χ3v) is 3.83. The first-order valence-electron chi connectivity index (χ1n) is 5.42. The van der Waals surface area contributed by atoms with Crippen molar-refractivity contribution in [3.05, 3.63) is 62.6 Å². The summed E-state index contributed by atoms with van der Waals surface area (Å²) < 4.78 is 6.12. The predicted octanol–water partition coefficient (Wildman–Crippen LogP) is 4.75. The van der Waals surface area contributed by atoms with E-state index in [0.29, 0.717) is 4.47 Å². The lowest BCUT2D eigenvalue weighted by Crippen LogP contribution is -1.93. The van der Waals surface area contributed by atoms with Crippen LogP contribution in [-0.2, 0) is 0 Å². The normalized spacial score (nSPS) is 10.2. The molecule has 19 heavy (non-hydrogen) atoms. The molecule has 0 saturated heterocycles. The monoisotopic (exact) mass is 339 g/mol. The molecule has 0 saturated carbocycles. The van der Waals surface area contributed by atoms with Gasteiger partial charge < -0.3 is 4.18 Å². The molecular weight excluding hydrogens is 330 g/mol. The van der Waals surface area contributed by atoms with Gasteiger partial charge in [-0.05, 0) is 30.7 Å². The first-order valence-corrected chi connectivity index (χ1v) is 6.95. The lowest BCUT2D eigenvalue weighted by Gasteiger charge is -2.06. The molecule has 2 rings (SSSR count). The van der Waals surface area contributed by atoms with E-state index < -0.39 is 4.92 Å². The molecule has 0 unspecified atom stereocenters. The van der Waals surface area contributed by atoms with Gasteiger partial charge in [0.15, 0.2) is 0 Å². The number of aryl methyl sites for hydroxylation is 1. The van der Waals surface area contributed by atoms with Gasteiger partial charge in [0.25, 0.3) is 0 Å². The average molecular weight is 340 g/mol. The lowest BCUT2D eigenvalue weighted by atomic mass is 10.2. The molecule has 0 N–H and O–H groups in total. The molecule has 0 fully saturated rings. The SMILES string of the molecule is Cc1ccccc1SOc1ccc(Br)cc1[N+](=O)[O-]. The molecule has 0 spiro atoms. The summed E-state index contributed by atoms with van der Waals surface area (Å²) in [5.41, 5.74) is 1.00. The maximum absolute atomic E-state index is 10.9. The van der Waals surface area contributed by atoms with Crippen molar-refractivity contribution in [2.24, 2.45) is 0 Å². The largest absolute Gasteiger partial charge is 0.413 e. The fourth-order valence-electron chi connectivity index (χ4n) is 1.44. The topological polar surface area (TPSA) is 52.4 Å².